The van der Waals surface area contributed by atoms with Crippen molar-refractivity contribution >= 4 is 5.69 Å². The third-order valence-electron chi connectivity index (χ3n) is 3.71. The molecule has 0 spiro atoms. The number of anilines is 1. The summed E-state index contributed by atoms with van der Waals surface area (Å²) in [6.45, 7) is 2.03. The van der Waals surface area contributed by atoms with E-state index in [9.17, 15) is 5.26 Å². The van der Waals surface area contributed by atoms with Crippen molar-refractivity contribution < 1.29 is 0 Å². The van der Waals surface area contributed by atoms with Crippen LogP contribution < -0.4 is 4.90 Å². The third-order valence-corrected chi connectivity index (χ3v) is 3.71. The fourth-order valence-corrected chi connectivity index (χ4v) is 2.40. The molecule has 5 nitrogen and oxygen atoms in total. The van der Waals surface area contributed by atoms with Gasteiger partial charge in [0.15, 0.2) is 5.69 Å². The molecule has 0 fully saturated rings. The Labute approximate surface area is 135 Å². The van der Waals surface area contributed by atoms with E-state index in [1.807, 2.05) is 74.4 Å². The lowest BCUT2D eigenvalue weighted by Crippen LogP contribution is -2.08. The molecule has 0 aliphatic rings. The molecular formula is C18H17N5. The van der Waals surface area contributed by atoms with Gasteiger partial charge < -0.3 is 4.90 Å². The summed E-state index contributed by atoms with van der Waals surface area (Å²) in [5.41, 5.74) is 5.11. The Kier molecular flexibility index (Phi) is 3.82. The lowest BCUT2D eigenvalue weighted by Gasteiger charge is -2.13. The molecule has 0 saturated heterocycles. The van der Waals surface area contributed by atoms with Crippen molar-refractivity contribution in [3.8, 4) is 23.0 Å². The SMILES string of the molecule is Cc1ccc(-c2c(C#N)nnn2-c2ccc(N(C)C)cc2)cc1. The van der Waals surface area contributed by atoms with Crippen LogP contribution in [0.1, 0.15) is 11.3 Å². The van der Waals surface area contributed by atoms with Crippen LogP contribution in [0, 0.1) is 18.3 Å². The second-order valence-corrected chi connectivity index (χ2v) is 5.59. The van der Waals surface area contributed by atoms with Gasteiger partial charge in [-0.15, -0.1) is 5.10 Å². The monoisotopic (exact) mass is 303 g/mol. The van der Waals surface area contributed by atoms with Gasteiger partial charge >= 0.3 is 0 Å². The Morgan fingerprint density at radius 3 is 2.22 bits per heavy atom. The molecule has 0 bridgehead atoms. The maximum atomic E-state index is 9.34. The molecule has 0 aliphatic heterocycles. The Bertz CT molecular complexity index is 852. The quantitative estimate of drug-likeness (QED) is 0.745. The fraction of sp³-hybridized carbons (Fsp3) is 0.167. The third kappa shape index (κ3) is 2.79. The van der Waals surface area contributed by atoms with Crippen LogP contribution in [0.25, 0.3) is 16.9 Å². The fourth-order valence-electron chi connectivity index (χ4n) is 2.40. The van der Waals surface area contributed by atoms with Crippen molar-refractivity contribution in [3.63, 3.8) is 0 Å². The predicted molar refractivity (Wildman–Crippen MR) is 90.6 cm³/mol. The van der Waals surface area contributed by atoms with Gasteiger partial charge in [0.05, 0.1) is 5.69 Å². The van der Waals surface area contributed by atoms with E-state index in [0.29, 0.717) is 11.4 Å². The maximum Gasteiger partial charge on any atom is 0.191 e. The molecule has 114 valence electrons. The number of aryl methyl sites for hydroxylation is 1. The minimum atomic E-state index is 0.325. The van der Waals surface area contributed by atoms with Crippen LogP contribution in [0.4, 0.5) is 5.69 Å². The summed E-state index contributed by atoms with van der Waals surface area (Å²) < 4.78 is 1.71. The molecule has 0 aliphatic carbocycles. The van der Waals surface area contributed by atoms with E-state index in [0.717, 1.165) is 16.9 Å². The molecule has 5 heteroatoms. The molecule has 0 amide bonds. The zero-order valence-corrected chi connectivity index (χ0v) is 13.4. The van der Waals surface area contributed by atoms with E-state index in [2.05, 4.69) is 16.4 Å². The molecule has 0 radical (unpaired) electrons. The van der Waals surface area contributed by atoms with Gasteiger partial charge in [-0.25, -0.2) is 4.68 Å². The zero-order valence-electron chi connectivity index (χ0n) is 13.4. The molecule has 0 unspecified atom stereocenters. The van der Waals surface area contributed by atoms with Gasteiger partial charge in [0.2, 0.25) is 0 Å². The highest BCUT2D eigenvalue weighted by atomic mass is 15.4. The van der Waals surface area contributed by atoms with Crippen molar-refractivity contribution in [1.82, 2.24) is 15.0 Å². The number of benzene rings is 2. The maximum absolute atomic E-state index is 9.34. The first kappa shape index (κ1) is 14.8. The summed E-state index contributed by atoms with van der Waals surface area (Å²) in [5, 5.41) is 17.5. The average Bonchev–Trinajstić information content (AvgIpc) is 2.99. The predicted octanol–water partition coefficient (Wildman–Crippen LogP) is 3.18. The summed E-state index contributed by atoms with van der Waals surface area (Å²) in [7, 11) is 3.99. The Hall–Kier alpha value is -3.13. The first-order chi connectivity index (χ1) is 11.1. The topological polar surface area (TPSA) is 57.7 Å². The van der Waals surface area contributed by atoms with Gasteiger partial charge in [0, 0.05) is 25.3 Å². The number of hydrogen-bond acceptors (Lipinski definition) is 4. The van der Waals surface area contributed by atoms with Crippen molar-refractivity contribution in [2.24, 2.45) is 0 Å². The van der Waals surface area contributed by atoms with Crippen molar-refractivity contribution in [3.05, 3.63) is 59.8 Å². The molecule has 1 heterocycles. The number of nitrogens with zero attached hydrogens (tertiary/aromatic N) is 5. The molecule has 23 heavy (non-hydrogen) atoms. The van der Waals surface area contributed by atoms with Crippen LogP contribution >= 0.6 is 0 Å². The number of hydrogen-bond donors (Lipinski definition) is 0. The van der Waals surface area contributed by atoms with Crippen LogP contribution in [-0.2, 0) is 0 Å². The number of rotatable bonds is 3. The number of aromatic nitrogens is 3. The zero-order chi connectivity index (χ0) is 16.4. The van der Waals surface area contributed by atoms with Crippen LogP contribution in [0.3, 0.4) is 0 Å². The van der Waals surface area contributed by atoms with Gasteiger partial charge in [-0.1, -0.05) is 35.0 Å². The number of nitriles is 1. The molecule has 0 atom stereocenters. The van der Waals surface area contributed by atoms with E-state index < -0.39 is 0 Å². The summed E-state index contributed by atoms with van der Waals surface area (Å²) in [6.07, 6.45) is 0. The standard InChI is InChI=1S/C18H17N5/c1-13-4-6-14(7-5-13)18-17(12-19)20-21-23(18)16-10-8-15(9-11-16)22(2)3/h4-11H,1-3H3. The van der Waals surface area contributed by atoms with Crippen LogP contribution in [0.5, 0.6) is 0 Å². The van der Waals surface area contributed by atoms with Gasteiger partial charge in [-0.3, -0.25) is 0 Å². The van der Waals surface area contributed by atoms with Crippen molar-refractivity contribution in [2.45, 2.75) is 6.92 Å². The molecule has 3 rings (SSSR count). The smallest absolute Gasteiger partial charge is 0.191 e. The van der Waals surface area contributed by atoms with E-state index in [4.69, 9.17) is 0 Å². The lowest BCUT2D eigenvalue weighted by molar-refractivity contribution is 0.806. The van der Waals surface area contributed by atoms with Gasteiger partial charge in [0.25, 0.3) is 0 Å². The van der Waals surface area contributed by atoms with Gasteiger partial charge in [-0.05, 0) is 31.2 Å². The van der Waals surface area contributed by atoms with E-state index in [1.54, 1.807) is 4.68 Å². The summed E-state index contributed by atoms with van der Waals surface area (Å²) >= 11 is 0. The minimum absolute atomic E-state index is 0.325. The van der Waals surface area contributed by atoms with E-state index in [1.165, 1.54) is 5.56 Å². The highest BCUT2D eigenvalue weighted by Crippen LogP contribution is 2.26. The highest BCUT2D eigenvalue weighted by molar-refractivity contribution is 5.67. The first-order valence-electron chi connectivity index (χ1n) is 7.31. The normalized spacial score (nSPS) is 10.3. The second kappa shape index (κ2) is 5.93. The Balaban J connectivity index is 2.12. The highest BCUT2D eigenvalue weighted by Gasteiger charge is 2.16. The molecule has 2 aromatic carbocycles. The summed E-state index contributed by atoms with van der Waals surface area (Å²) in [5.74, 6) is 0. The minimum Gasteiger partial charge on any atom is -0.378 e. The first-order valence-corrected chi connectivity index (χ1v) is 7.31. The van der Waals surface area contributed by atoms with Gasteiger partial charge in [-0.2, -0.15) is 5.26 Å². The van der Waals surface area contributed by atoms with Crippen LogP contribution in [-0.4, -0.2) is 29.1 Å². The van der Waals surface area contributed by atoms with Crippen molar-refractivity contribution in [2.75, 3.05) is 19.0 Å². The largest absolute Gasteiger partial charge is 0.378 e. The van der Waals surface area contributed by atoms with Crippen LogP contribution in [0.2, 0.25) is 0 Å². The Morgan fingerprint density at radius 1 is 1.00 bits per heavy atom. The summed E-state index contributed by atoms with van der Waals surface area (Å²) in [6, 6.07) is 18.1. The average molecular weight is 303 g/mol. The Morgan fingerprint density at radius 2 is 1.65 bits per heavy atom. The van der Waals surface area contributed by atoms with Gasteiger partial charge in [0.1, 0.15) is 11.8 Å². The van der Waals surface area contributed by atoms with E-state index in [-0.39, 0.29) is 0 Å². The molecule has 0 saturated carbocycles. The van der Waals surface area contributed by atoms with E-state index >= 15 is 0 Å². The summed E-state index contributed by atoms with van der Waals surface area (Å²) in [4.78, 5) is 2.03. The molecule has 1 aromatic heterocycles. The second-order valence-electron chi connectivity index (χ2n) is 5.59. The molecule has 0 N–H and O–H groups in total. The molecular weight excluding hydrogens is 286 g/mol. The van der Waals surface area contributed by atoms with Crippen LogP contribution in [0.15, 0.2) is 48.5 Å². The lowest BCUT2D eigenvalue weighted by atomic mass is 10.1. The molecule has 3 aromatic rings. The van der Waals surface area contributed by atoms with Crippen molar-refractivity contribution in [1.29, 1.82) is 5.26 Å².